The Bertz CT molecular complexity index is 1510. The lowest BCUT2D eigenvalue weighted by atomic mass is 10.0. The van der Waals surface area contributed by atoms with Crippen molar-refractivity contribution in [2.24, 2.45) is 5.73 Å². The predicted molar refractivity (Wildman–Crippen MR) is 158 cm³/mol. The van der Waals surface area contributed by atoms with Crippen molar-refractivity contribution in [3.05, 3.63) is 102 Å². The van der Waals surface area contributed by atoms with Gasteiger partial charge in [-0.05, 0) is 29.7 Å². The standard InChI is InChI=1S/C30H34N8O6/c31-23(10-19-6-8-22(39)9-7-19)27(40)36-24(11-18-4-2-1-3-5-18)28(41)37-25(12-20-14-32-16-34-20)29(42)38-26(30(43)44)13-21-15-33-17-35-21/h1-9,14-17,23-26,39H,10-13,31H2,(H,32,34)(H,33,35)(H,36,40)(H,37,41)(H,38,42)(H,43,44). The molecule has 0 aliphatic rings. The average Bonchev–Trinajstić information content (AvgIpc) is 3.72. The van der Waals surface area contributed by atoms with Crippen molar-refractivity contribution in [3.8, 4) is 5.75 Å². The summed E-state index contributed by atoms with van der Waals surface area (Å²) in [5.41, 5.74) is 8.65. The summed E-state index contributed by atoms with van der Waals surface area (Å²) in [7, 11) is 0. The molecular weight excluding hydrogens is 568 g/mol. The number of H-pyrrole nitrogens is 2. The smallest absolute Gasteiger partial charge is 0.326 e. The Balaban J connectivity index is 1.51. The van der Waals surface area contributed by atoms with E-state index in [0.29, 0.717) is 17.0 Å². The molecule has 0 saturated carbocycles. The van der Waals surface area contributed by atoms with Crippen molar-refractivity contribution in [1.29, 1.82) is 0 Å². The molecule has 44 heavy (non-hydrogen) atoms. The molecule has 14 heteroatoms. The number of hydrogen-bond donors (Lipinski definition) is 8. The zero-order chi connectivity index (χ0) is 31.5. The largest absolute Gasteiger partial charge is 0.508 e. The fourth-order valence-corrected chi connectivity index (χ4v) is 4.50. The van der Waals surface area contributed by atoms with E-state index < -0.39 is 47.9 Å². The van der Waals surface area contributed by atoms with E-state index in [1.165, 1.54) is 37.2 Å². The number of carbonyl (C=O) groups excluding carboxylic acids is 3. The molecule has 2 aromatic carbocycles. The zero-order valence-corrected chi connectivity index (χ0v) is 23.6. The van der Waals surface area contributed by atoms with Crippen LogP contribution in [0.25, 0.3) is 0 Å². The van der Waals surface area contributed by atoms with E-state index in [1.807, 2.05) is 6.07 Å². The number of carboxylic acids is 1. The molecule has 14 nitrogen and oxygen atoms in total. The molecule has 4 aromatic rings. The number of hydrogen-bond acceptors (Lipinski definition) is 8. The third-order valence-corrected chi connectivity index (χ3v) is 6.85. The first-order valence-electron chi connectivity index (χ1n) is 13.8. The summed E-state index contributed by atoms with van der Waals surface area (Å²) in [6.45, 7) is 0. The summed E-state index contributed by atoms with van der Waals surface area (Å²) in [5, 5.41) is 27.1. The number of aliphatic carboxylic acids is 1. The fraction of sp³-hybridized carbons (Fsp3) is 0.267. The van der Waals surface area contributed by atoms with Crippen molar-refractivity contribution >= 4 is 23.7 Å². The molecule has 230 valence electrons. The van der Waals surface area contributed by atoms with Crippen LogP contribution in [-0.4, -0.2) is 78.0 Å². The Labute approximate surface area is 252 Å². The molecule has 4 unspecified atom stereocenters. The molecule has 0 bridgehead atoms. The minimum Gasteiger partial charge on any atom is -0.508 e. The van der Waals surface area contributed by atoms with Crippen LogP contribution in [0.3, 0.4) is 0 Å². The van der Waals surface area contributed by atoms with Crippen molar-refractivity contribution in [2.75, 3.05) is 0 Å². The number of nitrogens with two attached hydrogens (primary N) is 1. The summed E-state index contributed by atoms with van der Waals surface area (Å²) < 4.78 is 0. The van der Waals surface area contributed by atoms with Crippen LogP contribution in [0.5, 0.6) is 5.75 Å². The Morgan fingerprint density at radius 3 is 1.73 bits per heavy atom. The number of phenols is 1. The number of rotatable bonds is 15. The highest BCUT2D eigenvalue weighted by Gasteiger charge is 2.31. The maximum absolute atomic E-state index is 13.7. The molecule has 0 saturated heterocycles. The zero-order valence-electron chi connectivity index (χ0n) is 23.6. The molecule has 0 radical (unpaired) electrons. The number of amides is 3. The molecule has 0 aliphatic carbocycles. The Hall–Kier alpha value is -5.50. The number of aromatic nitrogens is 4. The lowest BCUT2D eigenvalue weighted by molar-refractivity contribution is -0.142. The third kappa shape index (κ3) is 9.25. The van der Waals surface area contributed by atoms with Crippen molar-refractivity contribution in [1.82, 2.24) is 35.9 Å². The van der Waals surface area contributed by atoms with Gasteiger partial charge in [0.05, 0.1) is 18.7 Å². The highest BCUT2D eigenvalue weighted by molar-refractivity contribution is 5.94. The van der Waals surface area contributed by atoms with Gasteiger partial charge in [-0.25, -0.2) is 14.8 Å². The molecule has 2 heterocycles. The number of aromatic amines is 2. The van der Waals surface area contributed by atoms with Crippen molar-refractivity contribution in [3.63, 3.8) is 0 Å². The quantitative estimate of drug-likeness (QED) is 0.0912. The molecular formula is C30H34N8O6. The first-order chi connectivity index (χ1) is 21.2. The van der Waals surface area contributed by atoms with Crippen LogP contribution in [0.4, 0.5) is 0 Å². The van der Waals surface area contributed by atoms with Gasteiger partial charge in [0.25, 0.3) is 0 Å². The number of benzene rings is 2. The third-order valence-electron chi connectivity index (χ3n) is 6.85. The Kier molecular flexibility index (Phi) is 10.8. The Morgan fingerprint density at radius 1 is 0.682 bits per heavy atom. The van der Waals surface area contributed by atoms with Gasteiger partial charge in [-0.3, -0.25) is 14.4 Å². The molecule has 0 aliphatic heterocycles. The second-order valence-electron chi connectivity index (χ2n) is 10.3. The highest BCUT2D eigenvalue weighted by Crippen LogP contribution is 2.12. The molecule has 3 amide bonds. The summed E-state index contributed by atoms with van der Waals surface area (Å²) in [4.78, 5) is 65.7. The maximum Gasteiger partial charge on any atom is 0.326 e. The molecule has 4 rings (SSSR count). The van der Waals surface area contributed by atoms with Gasteiger partial charge in [0.2, 0.25) is 17.7 Å². The second kappa shape index (κ2) is 15.1. The van der Waals surface area contributed by atoms with Gasteiger partial charge in [-0.1, -0.05) is 42.5 Å². The maximum atomic E-state index is 13.7. The summed E-state index contributed by atoms with van der Waals surface area (Å²) in [6, 6.07) is 10.6. The number of nitrogens with zero attached hydrogens (tertiary/aromatic N) is 2. The van der Waals surface area contributed by atoms with Crippen LogP contribution in [0, 0.1) is 0 Å². The van der Waals surface area contributed by atoms with Gasteiger partial charge in [-0.15, -0.1) is 0 Å². The van der Waals surface area contributed by atoms with Crippen LogP contribution in [0.1, 0.15) is 22.5 Å². The summed E-state index contributed by atoms with van der Waals surface area (Å²) in [6.07, 6.45) is 5.92. The normalized spacial score (nSPS) is 13.7. The van der Waals surface area contributed by atoms with E-state index >= 15 is 0 Å². The predicted octanol–water partition coefficient (Wildman–Crippen LogP) is -0.0247. The van der Waals surface area contributed by atoms with Crippen LogP contribution in [0.15, 0.2) is 79.6 Å². The molecule has 0 spiro atoms. The van der Waals surface area contributed by atoms with Gasteiger partial charge >= 0.3 is 5.97 Å². The number of aromatic hydroxyl groups is 1. The van der Waals surface area contributed by atoms with Crippen LogP contribution < -0.4 is 21.7 Å². The SMILES string of the molecule is NC(Cc1ccc(O)cc1)C(=O)NC(Cc1ccccc1)C(=O)NC(Cc1cnc[nH]1)C(=O)NC(Cc1cnc[nH]1)C(=O)O. The number of carbonyl (C=O) groups is 4. The van der Waals surface area contributed by atoms with Crippen molar-refractivity contribution in [2.45, 2.75) is 49.9 Å². The van der Waals surface area contributed by atoms with Gasteiger partial charge in [0.1, 0.15) is 23.9 Å². The lowest BCUT2D eigenvalue weighted by Gasteiger charge is -2.25. The second-order valence-corrected chi connectivity index (χ2v) is 10.3. The lowest BCUT2D eigenvalue weighted by Crippen LogP contribution is -2.58. The van der Waals surface area contributed by atoms with E-state index in [0.717, 1.165) is 5.56 Å². The molecule has 4 atom stereocenters. The summed E-state index contributed by atoms with van der Waals surface area (Å²) in [5.74, 6) is -3.19. The van der Waals surface area contributed by atoms with Crippen LogP contribution in [0.2, 0.25) is 0 Å². The molecule has 0 fully saturated rings. The molecule has 2 aromatic heterocycles. The monoisotopic (exact) mass is 602 g/mol. The van der Waals surface area contributed by atoms with E-state index in [-0.39, 0.29) is 31.4 Å². The van der Waals surface area contributed by atoms with E-state index in [4.69, 9.17) is 5.73 Å². The number of carboxylic acid groups (broad SMARTS) is 1. The topological polar surface area (TPSA) is 228 Å². The van der Waals surface area contributed by atoms with E-state index in [2.05, 4.69) is 35.9 Å². The Morgan fingerprint density at radius 2 is 1.18 bits per heavy atom. The van der Waals surface area contributed by atoms with Crippen LogP contribution >= 0.6 is 0 Å². The molecule has 9 N–H and O–H groups in total. The fourth-order valence-electron chi connectivity index (χ4n) is 4.50. The average molecular weight is 603 g/mol. The van der Waals surface area contributed by atoms with E-state index in [9.17, 15) is 29.4 Å². The first kappa shape index (κ1) is 31.4. The van der Waals surface area contributed by atoms with Crippen molar-refractivity contribution < 1.29 is 29.4 Å². The van der Waals surface area contributed by atoms with Gasteiger partial charge in [0, 0.05) is 43.0 Å². The van der Waals surface area contributed by atoms with Crippen LogP contribution in [-0.2, 0) is 44.9 Å². The highest BCUT2D eigenvalue weighted by atomic mass is 16.4. The van der Waals surface area contributed by atoms with E-state index in [1.54, 1.807) is 36.4 Å². The number of imidazole rings is 2. The minimum atomic E-state index is -1.30. The first-order valence-corrected chi connectivity index (χ1v) is 13.8. The minimum absolute atomic E-state index is 0.0274. The summed E-state index contributed by atoms with van der Waals surface area (Å²) >= 11 is 0. The number of phenolic OH excluding ortho intramolecular Hbond substituents is 1. The van der Waals surface area contributed by atoms with Gasteiger partial charge in [-0.2, -0.15) is 0 Å². The van der Waals surface area contributed by atoms with Gasteiger partial charge < -0.3 is 41.9 Å². The number of nitrogens with one attached hydrogen (secondary N) is 5. The van der Waals surface area contributed by atoms with Gasteiger partial charge in [0.15, 0.2) is 0 Å².